The summed E-state index contributed by atoms with van der Waals surface area (Å²) < 4.78 is 11.9. The molecule has 140 valence electrons. The van der Waals surface area contributed by atoms with E-state index in [1.807, 2.05) is 42.1 Å². The Bertz CT molecular complexity index is 744. The van der Waals surface area contributed by atoms with Gasteiger partial charge < -0.3 is 24.7 Å². The van der Waals surface area contributed by atoms with Gasteiger partial charge in [0, 0.05) is 32.4 Å². The molecule has 1 atom stereocenters. The van der Waals surface area contributed by atoms with E-state index in [9.17, 15) is 9.59 Å². The Balaban J connectivity index is 2.09. The van der Waals surface area contributed by atoms with Crippen LogP contribution in [0.1, 0.15) is 30.8 Å². The second kappa shape index (κ2) is 9.45. The summed E-state index contributed by atoms with van der Waals surface area (Å²) in [5.74, 6) is 1.18. The SMILES string of the molecule is CCOC(=O)NCCC(=O)NC(c1cccc(OC)c1)c1nccn1C. The lowest BCUT2D eigenvalue weighted by Crippen LogP contribution is -2.34. The summed E-state index contributed by atoms with van der Waals surface area (Å²) in [7, 11) is 3.46. The maximum atomic E-state index is 12.4. The fourth-order valence-corrected chi connectivity index (χ4v) is 2.47. The van der Waals surface area contributed by atoms with Crippen LogP contribution >= 0.6 is 0 Å². The molecule has 1 aromatic heterocycles. The number of ether oxygens (including phenoxy) is 2. The van der Waals surface area contributed by atoms with Crippen molar-refractivity contribution in [3.8, 4) is 5.75 Å². The summed E-state index contributed by atoms with van der Waals surface area (Å²) in [4.78, 5) is 28.0. The molecule has 0 aliphatic carbocycles. The first-order valence-electron chi connectivity index (χ1n) is 8.36. The highest BCUT2D eigenvalue weighted by Crippen LogP contribution is 2.24. The van der Waals surface area contributed by atoms with E-state index in [1.54, 1.807) is 20.2 Å². The van der Waals surface area contributed by atoms with Crippen molar-refractivity contribution in [3.05, 3.63) is 48.0 Å². The van der Waals surface area contributed by atoms with Gasteiger partial charge in [-0.3, -0.25) is 4.79 Å². The first kappa shape index (κ1) is 19.3. The van der Waals surface area contributed by atoms with Gasteiger partial charge in [0.1, 0.15) is 17.6 Å². The van der Waals surface area contributed by atoms with Crippen LogP contribution < -0.4 is 15.4 Å². The number of benzene rings is 1. The molecule has 2 rings (SSSR count). The van der Waals surface area contributed by atoms with Crippen molar-refractivity contribution in [3.63, 3.8) is 0 Å². The second-order valence-electron chi connectivity index (χ2n) is 5.57. The van der Waals surface area contributed by atoms with Crippen molar-refractivity contribution in [1.82, 2.24) is 20.2 Å². The lowest BCUT2D eigenvalue weighted by molar-refractivity contribution is -0.121. The summed E-state index contributed by atoms with van der Waals surface area (Å²) in [6, 6.07) is 7.03. The van der Waals surface area contributed by atoms with Crippen molar-refractivity contribution in [2.24, 2.45) is 7.05 Å². The number of carbonyl (C=O) groups excluding carboxylic acids is 2. The molecule has 0 saturated heterocycles. The number of hydrogen-bond acceptors (Lipinski definition) is 5. The maximum absolute atomic E-state index is 12.4. The molecule has 8 nitrogen and oxygen atoms in total. The van der Waals surface area contributed by atoms with Crippen molar-refractivity contribution in [2.75, 3.05) is 20.3 Å². The molecule has 0 radical (unpaired) electrons. The standard InChI is InChI=1S/C18H24N4O4/c1-4-26-18(24)20-9-8-15(23)21-16(17-19-10-11-22(17)2)13-6-5-7-14(12-13)25-3/h5-7,10-12,16H,4,8-9H2,1-3H3,(H,20,24)(H,21,23). The number of nitrogens with one attached hydrogen (secondary N) is 2. The Morgan fingerprint density at radius 2 is 2.15 bits per heavy atom. The van der Waals surface area contributed by atoms with Gasteiger partial charge in [0.25, 0.3) is 0 Å². The van der Waals surface area contributed by atoms with Gasteiger partial charge in [-0.1, -0.05) is 12.1 Å². The summed E-state index contributed by atoms with van der Waals surface area (Å²) in [5, 5.41) is 5.49. The van der Waals surface area contributed by atoms with E-state index in [1.165, 1.54) is 0 Å². The molecule has 1 unspecified atom stereocenters. The van der Waals surface area contributed by atoms with Crippen LogP contribution in [0.25, 0.3) is 0 Å². The lowest BCUT2D eigenvalue weighted by atomic mass is 10.1. The van der Waals surface area contributed by atoms with Gasteiger partial charge >= 0.3 is 6.09 Å². The summed E-state index contributed by atoms with van der Waals surface area (Å²) in [6.45, 7) is 2.20. The first-order valence-corrected chi connectivity index (χ1v) is 8.36. The molecule has 0 aliphatic heterocycles. The number of alkyl carbamates (subject to hydrolysis) is 1. The molecular weight excluding hydrogens is 336 g/mol. The number of aryl methyl sites for hydroxylation is 1. The zero-order chi connectivity index (χ0) is 18.9. The number of aromatic nitrogens is 2. The van der Waals surface area contributed by atoms with E-state index < -0.39 is 12.1 Å². The molecule has 2 aromatic rings. The number of amides is 2. The molecule has 0 fully saturated rings. The number of methoxy groups -OCH3 is 1. The molecule has 2 amide bonds. The number of imidazole rings is 1. The zero-order valence-corrected chi connectivity index (χ0v) is 15.2. The molecule has 26 heavy (non-hydrogen) atoms. The third-order valence-electron chi connectivity index (χ3n) is 3.75. The average Bonchev–Trinajstić information content (AvgIpc) is 3.05. The Morgan fingerprint density at radius 3 is 2.81 bits per heavy atom. The third-order valence-corrected chi connectivity index (χ3v) is 3.75. The normalized spacial score (nSPS) is 11.5. The van der Waals surface area contributed by atoms with Gasteiger partial charge in [-0.05, 0) is 24.6 Å². The molecule has 0 aliphatic rings. The number of nitrogens with zero attached hydrogens (tertiary/aromatic N) is 2. The molecule has 8 heteroatoms. The van der Waals surface area contributed by atoms with Gasteiger partial charge in [0.2, 0.25) is 5.91 Å². The Labute approximate surface area is 152 Å². The van der Waals surface area contributed by atoms with Crippen molar-refractivity contribution >= 4 is 12.0 Å². The molecule has 1 aromatic carbocycles. The van der Waals surface area contributed by atoms with Crippen LogP contribution in [0.4, 0.5) is 4.79 Å². The first-order chi connectivity index (χ1) is 12.5. The monoisotopic (exact) mass is 360 g/mol. The molecule has 0 bridgehead atoms. The van der Waals surface area contributed by atoms with E-state index in [2.05, 4.69) is 15.6 Å². The van der Waals surface area contributed by atoms with Gasteiger partial charge in [-0.2, -0.15) is 0 Å². The smallest absolute Gasteiger partial charge is 0.407 e. The predicted octanol–water partition coefficient (Wildman–Crippen LogP) is 1.77. The van der Waals surface area contributed by atoms with Crippen LogP contribution in [0.5, 0.6) is 5.75 Å². The van der Waals surface area contributed by atoms with Crippen LogP contribution in [0.3, 0.4) is 0 Å². The van der Waals surface area contributed by atoms with Crippen LogP contribution in [-0.4, -0.2) is 41.8 Å². The van der Waals surface area contributed by atoms with E-state index in [4.69, 9.17) is 9.47 Å². The average molecular weight is 360 g/mol. The minimum atomic E-state index is -0.534. The number of rotatable bonds is 8. The fraction of sp³-hybridized carbons (Fsp3) is 0.389. The molecule has 1 heterocycles. The highest BCUT2D eigenvalue weighted by molar-refractivity contribution is 5.77. The molecule has 0 saturated carbocycles. The van der Waals surface area contributed by atoms with Gasteiger partial charge in [-0.25, -0.2) is 9.78 Å². The lowest BCUT2D eigenvalue weighted by Gasteiger charge is -2.20. The Hall–Kier alpha value is -3.03. The fourth-order valence-electron chi connectivity index (χ4n) is 2.47. The number of hydrogen-bond donors (Lipinski definition) is 2. The Kier molecular flexibility index (Phi) is 7.02. The van der Waals surface area contributed by atoms with Crippen molar-refractivity contribution in [2.45, 2.75) is 19.4 Å². The molecule has 0 spiro atoms. The minimum Gasteiger partial charge on any atom is -0.497 e. The summed E-state index contributed by atoms with van der Waals surface area (Å²) in [5.41, 5.74) is 0.852. The van der Waals surface area contributed by atoms with Crippen LogP contribution in [0.15, 0.2) is 36.7 Å². The maximum Gasteiger partial charge on any atom is 0.407 e. The summed E-state index contributed by atoms with van der Waals surface area (Å²) >= 11 is 0. The van der Waals surface area contributed by atoms with Crippen molar-refractivity contribution < 1.29 is 19.1 Å². The minimum absolute atomic E-state index is 0.129. The van der Waals surface area contributed by atoms with Crippen LogP contribution in [0, 0.1) is 0 Å². The van der Waals surface area contributed by atoms with Gasteiger partial charge in [0.15, 0.2) is 0 Å². The highest BCUT2D eigenvalue weighted by Gasteiger charge is 2.21. The largest absolute Gasteiger partial charge is 0.497 e. The zero-order valence-electron chi connectivity index (χ0n) is 15.2. The highest BCUT2D eigenvalue weighted by atomic mass is 16.5. The third kappa shape index (κ3) is 5.23. The predicted molar refractivity (Wildman–Crippen MR) is 95.8 cm³/mol. The summed E-state index contributed by atoms with van der Waals surface area (Å²) in [6.07, 6.45) is 3.09. The van der Waals surface area contributed by atoms with Crippen molar-refractivity contribution in [1.29, 1.82) is 0 Å². The Morgan fingerprint density at radius 1 is 1.35 bits per heavy atom. The quantitative estimate of drug-likeness (QED) is 0.748. The van der Waals surface area contributed by atoms with E-state index in [-0.39, 0.29) is 25.5 Å². The van der Waals surface area contributed by atoms with Gasteiger partial charge in [0.05, 0.1) is 13.7 Å². The van der Waals surface area contributed by atoms with Gasteiger partial charge in [-0.15, -0.1) is 0 Å². The molecule has 2 N–H and O–H groups in total. The topological polar surface area (TPSA) is 94.5 Å². The van der Waals surface area contributed by atoms with Crippen LogP contribution in [0.2, 0.25) is 0 Å². The molecular formula is C18H24N4O4. The van der Waals surface area contributed by atoms with E-state index in [0.29, 0.717) is 11.6 Å². The number of carbonyl (C=O) groups is 2. The van der Waals surface area contributed by atoms with Crippen LogP contribution in [-0.2, 0) is 16.6 Å². The van der Waals surface area contributed by atoms with E-state index >= 15 is 0 Å². The second-order valence-corrected chi connectivity index (χ2v) is 5.57. The van der Waals surface area contributed by atoms with E-state index in [0.717, 1.165) is 5.56 Å².